The van der Waals surface area contributed by atoms with Gasteiger partial charge in [0.05, 0.1) is 40.3 Å². The van der Waals surface area contributed by atoms with Crippen molar-refractivity contribution in [3.05, 3.63) is 58.9 Å². The highest BCUT2D eigenvalue weighted by molar-refractivity contribution is 6.09. The number of carbonyl (C=O) groups is 2. The van der Waals surface area contributed by atoms with E-state index in [0.29, 0.717) is 33.5 Å². The first kappa shape index (κ1) is 24.5. The van der Waals surface area contributed by atoms with Crippen molar-refractivity contribution in [2.45, 2.75) is 39.0 Å². The lowest BCUT2D eigenvalue weighted by atomic mass is 10.1. The van der Waals surface area contributed by atoms with Crippen LogP contribution >= 0.6 is 0 Å². The van der Waals surface area contributed by atoms with Crippen LogP contribution in [0.25, 0.3) is 16.7 Å². The Morgan fingerprint density at radius 2 is 1.86 bits per heavy atom. The Labute approximate surface area is 202 Å². The summed E-state index contributed by atoms with van der Waals surface area (Å²) in [5, 5.41) is 11.3. The Kier molecular flexibility index (Phi) is 6.94. The van der Waals surface area contributed by atoms with Crippen LogP contribution in [0.1, 0.15) is 53.4 Å². The van der Waals surface area contributed by atoms with Crippen molar-refractivity contribution in [3.63, 3.8) is 0 Å². The molecule has 0 spiro atoms. The van der Waals surface area contributed by atoms with E-state index in [1.165, 1.54) is 6.07 Å². The summed E-state index contributed by atoms with van der Waals surface area (Å²) in [7, 11) is 0. The molecule has 35 heavy (non-hydrogen) atoms. The van der Waals surface area contributed by atoms with E-state index in [4.69, 9.17) is 5.26 Å². The SMILES string of the molecule is CCNC(=O)C(F)(F)c1cnc2c(C(=O)CN3CCCCC3)c(C)n(-c3ccc(C#N)cc3)c2c1. The van der Waals surface area contributed by atoms with E-state index in [1.807, 2.05) is 0 Å². The maximum absolute atomic E-state index is 14.9. The monoisotopic (exact) mass is 479 g/mol. The Bertz CT molecular complexity index is 1300. The van der Waals surface area contributed by atoms with Crippen molar-refractivity contribution in [2.75, 3.05) is 26.2 Å². The molecular weight excluding hydrogens is 452 g/mol. The van der Waals surface area contributed by atoms with Gasteiger partial charge in [-0.15, -0.1) is 0 Å². The van der Waals surface area contributed by atoms with Crippen LogP contribution in [0.4, 0.5) is 8.78 Å². The van der Waals surface area contributed by atoms with Crippen molar-refractivity contribution >= 4 is 22.7 Å². The molecule has 0 saturated carbocycles. The van der Waals surface area contributed by atoms with E-state index in [0.717, 1.165) is 38.5 Å². The van der Waals surface area contributed by atoms with Gasteiger partial charge in [0.15, 0.2) is 5.78 Å². The number of rotatable bonds is 7. The Morgan fingerprint density at radius 3 is 2.49 bits per heavy atom. The average molecular weight is 480 g/mol. The third-order valence-electron chi connectivity index (χ3n) is 6.38. The van der Waals surface area contributed by atoms with Gasteiger partial charge in [-0.1, -0.05) is 6.42 Å². The largest absolute Gasteiger partial charge is 0.351 e. The number of nitrogens with zero attached hydrogens (tertiary/aromatic N) is 4. The first-order valence-electron chi connectivity index (χ1n) is 11.7. The molecule has 1 saturated heterocycles. The molecule has 3 heterocycles. The zero-order chi connectivity index (χ0) is 25.2. The second kappa shape index (κ2) is 9.92. The molecule has 2 aromatic heterocycles. The normalized spacial score (nSPS) is 14.6. The molecule has 182 valence electrons. The lowest BCUT2D eigenvalue weighted by Crippen LogP contribution is -2.38. The lowest BCUT2D eigenvalue weighted by molar-refractivity contribution is -0.146. The third-order valence-corrected chi connectivity index (χ3v) is 6.38. The molecule has 7 nitrogen and oxygen atoms in total. The Morgan fingerprint density at radius 1 is 1.17 bits per heavy atom. The number of likely N-dealkylation sites (tertiary alicyclic amines) is 1. The number of nitriles is 1. The van der Waals surface area contributed by atoms with Crippen LogP contribution in [0.3, 0.4) is 0 Å². The molecule has 1 N–H and O–H groups in total. The van der Waals surface area contributed by atoms with Crippen LogP contribution in [-0.4, -0.2) is 52.3 Å². The Hall–Kier alpha value is -3.64. The first-order valence-corrected chi connectivity index (χ1v) is 11.7. The number of fused-ring (bicyclic) bond motifs is 1. The van der Waals surface area contributed by atoms with Crippen molar-refractivity contribution < 1.29 is 18.4 Å². The molecule has 4 rings (SSSR count). The third kappa shape index (κ3) is 4.66. The van der Waals surface area contributed by atoms with Crippen molar-refractivity contribution in [1.29, 1.82) is 5.26 Å². The second-order valence-electron chi connectivity index (χ2n) is 8.74. The van der Waals surface area contributed by atoms with Gasteiger partial charge in [-0.3, -0.25) is 19.5 Å². The number of benzene rings is 1. The minimum atomic E-state index is -3.79. The van der Waals surface area contributed by atoms with Crippen LogP contribution in [0.15, 0.2) is 36.5 Å². The maximum Gasteiger partial charge on any atom is 0.351 e. The summed E-state index contributed by atoms with van der Waals surface area (Å²) in [6.07, 6.45) is 4.19. The molecule has 0 aliphatic carbocycles. The number of aromatic nitrogens is 2. The van der Waals surface area contributed by atoms with Crippen molar-refractivity contribution in [2.24, 2.45) is 0 Å². The molecule has 1 aliphatic heterocycles. The number of likely N-dealkylation sites (N-methyl/N-ethyl adjacent to an activating group) is 1. The number of hydrogen-bond acceptors (Lipinski definition) is 5. The van der Waals surface area contributed by atoms with Gasteiger partial charge in [-0.2, -0.15) is 14.0 Å². The molecule has 0 unspecified atom stereocenters. The van der Waals surface area contributed by atoms with Crippen LogP contribution in [-0.2, 0) is 10.7 Å². The number of pyridine rings is 1. The van der Waals surface area contributed by atoms with Gasteiger partial charge in [0.1, 0.15) is 0 Å². The fraction of sp³-hybridized carbons (Fsp3) is 0.385. The summed E-state index contributed by atoms with van der Waals surface area (Å²) in [5.74, 6) is -5.32. The van der Waals surface area contributed by atoms with Gasteiger partial charge in [0, 0.05) is 24.1 Å². The second-order valence-corrected chi connectivity index (χ2v) is 8.74. The zero-order valence-corrected chi connectivity index (χ0v) is 19.8. The quantitative estimate of drug-likeness (QED) is 0.515. The zero-order valence-electron chi connectivity index (χ0n) is 19.8. The fourth-order valence-corrected chi connectivity index (χ4v) is 4.61. The smallest absolute Gasteiger partial charge is 0.351 e. The maximum atomic E-state index is 14.9. The van der Waals surface area contributed by atoms with Crippen LogP contribution < -0.4 is 5.32 Å². The number of Topliss-reactive ketones (excluding diaryl/α,β-unsaturated/α-hetero) is 1. The summed E-state index contributed by atoms with van der Waals surface area (Å²) < 4.78 is 31.5. The highest BCUT2D eigenvalue weighted by Gasteiger charge is 2.41. The van der Waals surface area contributed by atoms with E-state index in [9.17, 15) is 18.4 Å². The van der Waals surface area contributed by atoms with Gasteiger partial charge in [-0.05, 0) is 70.1 Å². The molecular formula is C26H27F2N5O2. The minimum absolute atomic E-state index is 0.0694. The Balaban J connectivity index is 1.86. The summed E-state index contributed by atoms with van der Waals surface area (Å²) in [5.41, 5.74) is 2.05. The van der Waals surface area contributed by atoms with E-state index in [-0.39, 0.29) is 18.9 Å². The molecule has 0 radical (unpaired) electrons. The van der Waals surface area contributed by atoms with Crippen LogP contribution in [0.5, 0.6) is 0 Å². The fourth-order valence-electron chi connectivity index (χ4n) is 4.61. The molecule has 0 atom stereocenters. The number of alkyl halides is 2. The number of halogens is 2. The van der Waals surface area contributed by atoms with E-state index in [2.05, 4.69) is 21.3 Å². The summed E-state index contributed by atoms with van der Waals surface area (Å²) in [6.45, 7) is 5.30. The van der Waals surface area contributed by atoms with Gasteiger partial charge >= 0.3 is 5.92 Å². The lowest BCUT2D eigenvalue weighted by Gasteiger charge is -2.25. The molecule has 9 heteroatoms. The summed E-state index contributed by atoms with van der Waals surface area (Å²) in [4.78, 5) is 31.8. The number of carbonyl (C=O) groups excluding carboxylic acids is 2. The standard InChI is InChI=1S/C26H27F2N5O2/c1-3-30-25(35)26(27,28)19-13-21-24(31-15-19)23(22(34)16-32-11-5-4-6-12-32)17(2)33(21)20-9-7-18(14-29)8-10-20/h7-10,13,15H,3-6,11-12,16H2,1-2H3,(H,30,35). The number of amides is 1. The predicted octanol–water partition coefficient (Wildman–Crippen LogP) is 4.10. The number of piperidine rings is 1. The van der Waals surface area contributed by atoms with Crippen molar-refractivity contribution in [3.8, 4) is 11.8 Å². The highest BCUT2D eigenvalue weighted by atomic mass is 19.3. The molecule has 1 aliphatic rings. The molecule has 0 bridgehead atoms. The topological polar surface area (TPSA) is 91.0 Å². The van der Waals surface area contributed by atoms with Gasteiger partial charge in [0.2, 0.25) is 0 Å². The number of nitrogens with one attached hydrogen (secondary N) is 1. The molecule has 1 aromatic carbocycles. The van der Waals surface area contributed by atoms with E-state index < -0.39 is 17.4 Å². The van der Waals surface area contributed by atoms with Crippen LogP contribution in [0, 0.1) is 18.3 Å². The van der Waals surface area contributed by atoms with Crippen molar-refractivity contribution in [1.82, 2.24) is 19.8 Å². The average Bonchev–Trinajstić information content (AvgIpc) is 3.15. The molecule has 3 aromatic rings. The molecule has 1 amide bonds. The molecule has 1 fully saturated rings. The van der Waals surface area contributed by atoms with Gasteiger partial charge < -0.3 is 9.88 Å². The first-order chi connectivity index (χ1) is 16.8. The van der Waals surface area contributed by atoms with Crippen LogP contribution in [0.2, 0.25) is 0 Å². The summed E-state index contributed by atoms with van der Waals surface area (Å²) >= 11 is 0. The summed E-state index contributed by atoms with van der Waals surface area (Å²) in [6, 6.07) is 9.91. The predicted molar refractivity (Wildman–Crippen MR) is 128 cm³/mol. The van der Waals surface area contributed by atoms with E-state index >= 15 is 0 Å². The van der Waals surface area contributed by atoms with Gasteiger partial charge in [-0.25, -0.2) is 0 Å². The van der Waals surface area contributed by atoms with Gasteiger partial charge in [0.25, 0.3) is 5.91 Å². The minimum Gasteiger partial charge on any atom is -0.351 e. The highest BCUT2D eigenvalue weighted by Crippen LogP contribution is 2.34. The number of hydrogen-bond donors (Lipinski definition) is 1. The number of ketones is 1. The van der Waals surface area contributed by atoms with E-state index in [1.54, 1.807) is 42.7 Å².